The van der Waals surface area contributed by atoms with Crippen LogP contribution < -0.4 is 10.4 Å². The molecule has 1 aliphatic rings. The average molecular weight is 464 g/mol. The largest absolute Gasteiger partial charge is 0.282 e. The van der Waals surface area contributed by atoms with Gasteiger partial charge >= 0.3 is 0 Å². The summed E-state index contributed by atoms with van der Waals surface area (Å²) in [5.74, 6) is 2.17. The quantitative estimate of drug-likeness (QED) is 0.493. The number of aromatic nitrogens is 6. The van der Waals surface area contributed by atoms with Crippen LogP contribution in [0.1, 0.15) is 5.56 Å². The van der Waals surface area contributed by atoms with Gasteiger partial charge in [0.15, 0.2) is 17.5 Å². The van der Waals surface area contributed by atoms with Crippen molar-refractivity contribution in [3.8, 4) is 22.6 Å². The highest BCUT2D eigenvalue weighted by molar-refractivity contribution is 9.10. The summed E-state index contributed by atoms with van der Waals surface area (Å²) < 4.78 is 2.61. The Hall–Kier alpha value is -3.37. The number of anilines is 2. The van der Waals surface area contributed by atoms with Crippen LogP contribution in [0.25, 0.3) is 22.6 Å². The van der Waals surface area contributed by atoms with Gasteiger partial charge in [-0.05, 0) is 27.6 Å². The van der Waals surface area contributed by atoms with E-state index < -0.39 is 0 Å². The monoisotopic (exact) mass is 463 g/mol. The minimum Gasteiger partial charge on any atom is -0.282 e. The van der Waals surface area contributed by atoms with E-state index in [1.54, 1.807) is 29.5 Å². The van der Waals surface area contributed by atoms with Crippen LogP contribution in [-0.2, 0) is 13.6 Å². The van der Waals surface area contributed by atoms with E-state index in [0.717, 1.165) is 38.5 Å². The van der Waals surface area contributed by atoms with Crippen LogP contribution in [0, 0.1) is 0 Å². The van der Waals surface area contributed by atoms with E-state index in [1.165, 1.54) is 0 Å². The topological polar surface area (TPSA) is 87.9 Å². The van der Waals surface area contributed by atoms with Crippen LogP contribution in [0.2, 0.25) is 0 Å². The van der Waals surface area contributed by atoms with E-state index in [4.69, 9.17) is 4.98 Å². The van der Waals surface area contributed by atoms with Crippen LogP contribution in [0.3, 0.4) is 0 Å². The van der Waals surface area contributed by atoms with Gasteiger partial charge in [0.2, 0.25) is 0 Å². The van der Waals surface area contributed by atoms with E-state index >= 15 is 0 Å². The lowest BCUT2D eigenvalue weighted by molar-refractivity contribution is 0.378. The Bertz CT molecular complexity index is 1210. The maximum atomic E-state index is 4.83. The minimum atomic E-state index is 0.617. The fourth-order valence-corrected chi connectivity index (χ4v) is 3.52. The van der Waals surface area contributed by atoms with Crippen LogP contribution in [0.4, 0.5) is 11.6 Å². The molecule has 150 valence electrons. The van der Waals surface area contributed by atoms with Gasteiger partial charge in [0, 0.05) is 43.8 Å². The highest BCUT2D eigenvalue weighted by Crippen LogP contribution is 2.32. The summed E-state index contributed by atoms with van der Waals surface area (Å²) in [5.41, 5.74) is 7.01. The van der Waals surface area contributed by atoms with E-state index in [9.17, 15) is 0 Å². The Morgan fingerprint density at radius 3 is 2.60 bits per heavy atom. The van der Waals surface area contributed by atoms with Crippen LogP contribution in [-0.4, -0.2) is 41.9 Å². The van der Waals surface area contributed by atoms with Gasteiger partial charge in [0.25, 0.3) is 0 Å². The summed E-state index contributed by atoms with van der Waals surface area (Å²) in [6.07, 6.45) is 8.96. The Labute approximate surface area is 181 Å². The van der Waals surface area contributed by atoms with Crippen molar-refractivity contribution in [3.05, 3.63) is 65.3 Å². The lowest BCUT2D eigenvalue weighted by Gasteiger charge is -2.25. The van der Waals surface area contributed by atoms with E-state index in [0.29, 0.717) is 12.4 Å². The van der Waals surface area contributed by atoms with Crippen molar-refractivity contribution < 1.29 is 0 Å². The van der Waals surface area contributed by atoms with Gasteiger partial charge in [-0.25, -0.2) is 19.9 Å². The molecule has 5 rings (SSSR count). The molecule has 0 bridgehead atoms. The number of rotatable bonds is 4. The molecule has 30 heavy (non-hydrogen) atoms. The number of fused-ring (bicyclic) bond motifs is 1. The third-order valence-electron chi connectivity index (χ3n) is 4.77. The highest BCUT2D eigenvalue weighted by Gasteiger charge is 2.27. The predicted molar refractivity (Wildman–Crippen MR) is 117 cm³/mol. The predicted octanol–water partition coefficient (Wildman–Crippen LogP) is 3.29. The summed E-state index contributed by atoms with van der Waals surface area (Å²) in [5, 5.41) is 8.16. The first kappa shape index (κ1) is 18.6. The molecule has 0 unspecified atom stereocenters. The molecule has 0 atom stereocenters. The summed E-state index contributed by atoms with van der Waals surface area (Å²) in [7, 11) is 3.82. The van der Waals surface area contributed by atoms with Gasteiger partial charge in [-0.3, -0.25) is 15.1 Å². The molecule has 0 saturated heterocycles. The zero-order chi connectivity index (χ0) is 20.7. The molecule has 1 aliphatic heterocycles. The number of nitrogens with one attached hydrogen (secondary N) is 1. The molecular formula is C20H18BrN9. The Kier molecular flexibility index (Phi) is 4.64. The Morgan fingerprint density at radius 2 is 1.83 bits per heavy atom. The molecule has 4 heterocycles. The maximum Gasteiger partial charge on any atom is 0.190 e. The number of halogens is 1. The molecule has 0 spiro atoms. The van der Waals surface area contributed by atoms with Crippen molar-refractivity contribution in [1.82, 2.24) is 34.8 Å². The average Bonchev–Trinajstić information content (AvgIpc) is 3.32. The fraction of sp³-hybridized carbons (Fsp3) is 0.150. The molecule has 4 aromatic rings. The molecule has 0 fully saturated rings. The molecule has 1 N–H and O–H groups in total. The van der Waals surface area contributed by atoms with Gasteiger partial charge in [0.1, 0.15) is 0 Å². The van der Waals surface area contributed by atoms with Crippen molar-refractivity contribution in [2.45, 2.75) is 6.54 Å². The second-order valence-corrected chi connectivity index (χ2v) is 7.86. The number of hydrogen-bond acceptors (Lipinski definition) is 8. The summed E-state index contributed by atoms with van der Waals surface area (Å²) >= 11 is 3.37. The smallest absolute Gasteiger partial charge is 0.190 e. The number of aryl methyl sites for hydroxylation is 1. The second kappa shape index (κ2) is 7.47. The Balaban J connectivity index is 1.45. The first-order valence-electron chi connectivity index (χ1n) is 9.27. The number of benzene rings is 1. The summed E-state index contributed by atoms with van der Waals surface area (Å²) in [6, 6.07) is 8.19. The first-order chi connectivity index (χ1) is 14.6. The number of hydrogen-bond donors (Lipinski definition) is 1. The molecule has 0 amide bonds. The molecule has 9 nitrogen and oxygen atoms in total. The normalized spacial score (nSPS) is 13.4. The number of hydrazine groups is 2. The van der Waals surface area contributed by atoms with E-state index in [-0.39, 0.29) is 0 Å². The van der Waals surface area contributed by atoms with E-state index in [1.807, 2.05) is 42.6 Å². The van der Waals surface area contributed by atoms with Crippen molar-refractivity contribution in [2.24, 2.45) is 7.05 Å². The van der Waals surface area contributed by atoms with Gasteiger partial charge < -0.3 is 0 Å². The van der Waals surface area contributed by atoms with Crippen molar-refractivity contribution >= 4 is 27.6 Å². The third kappa shape index (κ3) is 3.51. The lowest BCUT2D eigenvalue weighted by atomic mass is 10.1. The molecule has 10 heteroatoms. The van der Waals surface area contributed by atoms with Crippen molar-refractivity contribution in [1.29, 1.82) is 0 Å². The standard InChI is InChI=1S/C20H18BrN9/c1-28-12-15(7-25-28)17-10-24-19-20(26-17)30(29(2)27-19)11-13-4-3-5-14(6-13)18-22-8-16(21)9-23-18/h3-10,12H,11H2,1-2H3,(H,24,27). The second-order valence-electron chi connectivity index (χ2n) is 6.95. The first-order valence-corrected chi connectivity index (χ1v) is 10.1. The third-order valence-corrected chi connectivity index (χ3v) is 5.18. The fourth-order valence-electron chi connectivity index (χ4n) is 3.31. The highest BCUT2D eigenvalue weighted by atomic mass is 79.9. The van der Waals surface area contributed by atoms with Gasteiger partial charge in [-0.2, -0.15) is 5.10 Å². The van der Waals surface area contributed by atoms with Crippen LogP contribution in [0.5, 0.6) is 0 Å². The zero-order valence-electron chi connectivity index (χ0n) is 16.4. The lowest BCUT2D eigenvalue weighted by Crippen LogP contribution is -2.37. The van der Waals surface area contributed by atoms with Gasteiger partial charge in [-0.15, -0.1) is 5.12 Å². The van der Waals surface area contributed by atoms with Gasteiger partial charge in [0.05, 0.1) is 29.1 Å². The van der Waals surface area contributed by atoms with E-state index in [2.05, 4.69) is 53.5 Å². The molecule has 3 aromatic heterocycles. The molecule has 0 saturated carbocycles. The SMILES string of the molecule is CN1Nc2ncc(-c3cnn(C)c3)nc2N1Cc1cccc(-c2ncc(Br)cn2)c1. The Morgan fingerprint density at radius 1 is 1.00 bits per heavy atom. The van der Waals surface area contributed by atoms with Gasteiger partial charge in [-0.1, -0.05) is 18.2 Å². The zero-order valence-corrected chi connectivity index (χ0v) is 17.9. The minimum absolute atomic E-state index is 0.617. The van der Waals surface area contributed by atoms with Crippen molar-refractivity contribution in [2.75, 3.05) is 17.5 Å². The molecule has 0 radical (unpaired) electrons. The number of nitrogens with zero attached hydrogens (tertiary/aromatic N) is 8. The molecule has 1 aromatic carbocycles. The molecule has 0 aliphatic carbocycles. The van der Waals surface area contributed by atoms with Crippen molar-refractivity contribution in [3.63, 3.8) is 0 Å². The van der Waals surface area contributed by atoms with Crippen LogP contribution >= 0.6 is 15.9 Å². The maximum absolute atomic E-state index is 4.83. The summed E-state index contributed by atoms with van der Waals surface area (Å²) in [6.45, 7) is 0.617. The summed E-state index contributed by atoms with van der Waals surface area (Å²) in [4.78, 5) is 18.2. The van der Waals surface area contributed by atoms with Crippen LogP contribution in [0.15, 0.2) is 59.7 Å². The molecular weight excluding hydrogens is 446 g/mol.